The van der Waals surface area contributed by atoms with Gasteiger partial charge in [-0.15, -0.1) is 0 Å². The van der Waals surface area contributed by atoms with E-state index in [1.54, 1.807) is 7.11 Å². The summed E-state index contributed by atoms with van der Waals surface area (Å²) in [5.74, 6) is 0.921. The largest absolute Gasteiger partial charge is 0.496 e. The Morgan fingerprint density at radius 2 is 2.00 bits per heavy atom. The van der Waals surface area contributed by atoms with E-state index in [4.69, 9.17) is 4.74 Å². The molecule has 0 aliphatic heterocycles. The van der Waals surface area contributed by atoms with Gasteiger partial charge in [0.05, 0.1) is 13.3 Å². The van der Waals surface area contributed by atoms with Crippen molar-refractivity contribution in [3.8, 4) is 5.75 Å². The van der Waals surface area contributed by atoms with E-state index in [0.29, 0.717) is 0 Å². The number of fused-ring (bicyclic) bond motifs is 1. The summed E-state index contributed by atoms with van der Waals surface area (Å²) >= 11 is 0. The van der Waals surface area contributed by atoms with Crippen molar-refractivity contribution >= 4 is 10.8 Å². The minimum absolute atomic E-state index is 0.759. The number of nitrogens with zero attached hydrogens (tertiary/aromatic N) is 1. The molecule has 0 aliphatic rings. The van der Waals surface area contributed by atoms with Crippen molar-refractivity contribution in [2.45, 2.75) is 20.0 Å². The van der Waals surface area contributed by atoms with Gasteiger partial charge in [-0.25, -0.2) is 0 Å². The van der Waals surface area contributed by atoms with Gasteiger partial charge in [-0.2, -0.15) is 5.10 Å². The number of aromatic amines is 1. The molecule has 2 N–H and O–H groups in total. The number of rotatable bonds is 5. The molecule has 2 aromatic carbocycles. The quantitative estimate of drug-likeness (QED) is 0.755. The van der Waals surface area contributed by atoms with Gasteiger partial charge in [0.1, 0.15) is 5.75 Å². The minimum Gasteiger partial charge on any atom is -0.496 e. The molecule has 4 heteroatoms. The second kappa shape index (κ2) is 5.97. The van der Waals surface area contributed by atoms with Gasteiger partial charge >= 0.3 is 0 Å². The molecule has 0 saturated carbocycles. The van der Waals surface area contributed by atoms with Crippen LogP contribution in [0.3, 0.4) is 0 Å². The zero-order valence-corrected chi connectivity index (χ0v) is 12.3. The molecular formula is C17H19N3O. The number of methoxy groups -OCH3 is 1. The van der Waals surface area contributed by atoms with E-state index >= 15 is 0 Å². The topological polar surface area (TPSA) is 49.9 Å². The third-order valence-electron chi connectivity index (χ3n) is 3.77. The first kappa shape index (κ1) is 13.6. The summed E-state index contributed by atoms with van der Waals surface area (Å²) in [6.07, 6.45) is 1.86. The van der Waals surface area contributed by atoms with Crippen LogP contribution >= 0.6 is 0 Å². The van der Waals surface area contributed by atoms with Crippen molar-refractivity contribution in [2.24, 2.45) is 0 Å². The summed E-state index contributed by atoms with van der Waals surface area (Å²) in [4.78, 5) is 0. The lowest BCUT2D eigenvalue weighted by Gasteiger charge is -2.13. The maximum absolute atomic E-state index is 5.51. The summed E-state index contributed by atoms with van der Waals surface area (Å²) < 4.78 is 5.51. The highest BCUT2D eigenvalue weighted by atomic mass is 16.5. The van der Waals surface area contributed by atoms with Crippen LogP contribution in [-0.4, -0.2) is 17.3 Å². The Balaban J connectivity index is 1.83. The monoisotopic (exact) mass is 281 g/mol. The van der Waals surface area contributed by atoms with Crippen molar-refractivity contribution in [2.75, 3.05) is 7.11 Å². The molecule has 1 aromatic heterocycles. The van der Waals surface area contributed by atoms with Gasteiger partial charge in [-0.05, 0) is 23.8 Å². The molecule has 0 amide bonds. The van der Waals surface area contributed by atoms with Crippen LogP contribution in [0.5, 0.6) is 5.75 Å². The summed E-state index contributed by atoms with van der Waals surface area (Å²) in [5, 5.41) is 12.9. The number of aromatic nitrogens is 2. The van der Waals surface area contributed by atoms with Crippen LogP contribution in [0, 0.1) is 6.92 Å². The van der Waals surface area contributed by atoms with Crippen LogP contribution < -0.4 is 10.1 Å². The van der Waals surface area contributed by atoms with Crippen LogP contribution in [0.25, 0.3) is 10.8 Å². The molecule has 0 bridgehead atoms. The molecule has 0 spiro atoms. The van der Waals surface area contributed by atoms with E-state index in [-0.39, 0.29) is 0 Å². The highest BCUT2D eigenvalue weighted by molar-refractivity contribution is 5.87. The van der Waals surface area contributed by atoms with Crippen molar-refractivity contribution in [3.63, 3.8) is 0 Å². The zero-order valence-electron chi connectivity index (χ0n) is 12.3. The number of nitrogens with one attached hydrogen (secondary N) is 2. The van der Waals surface area contributed by atoms with Gasteiger partial charge in [0, 0.05) is 29.9 Å². The first-order chi connectivity index (χ1) is 10.3. The lowest BCUT2D eigenvalue weighted by Crippen LogP contribution is -2.14. The SMILES string of the molecule is COc1ccc2ccccc2c1CNCc1cn[nH]c1C. The number of aryl methyl sites for hydroxylation is 1. The van der Waals surface area contributed by atoms with Crippen molar-refractivity contribution in [3.05, 3.63) is 59.4 Å². The Morgan fingerprint density at radius 1 is 1.14 bits per heavy atom. The number of hydrogen-bond donors (Lipinski definition) is 2. The molecule has 0 aliphatic carbocycles. The van der Waals surface area contributed by atoms with E-state index in [2.05, 4.69) is 45.8 Å². The number of hydrogen-bond acceptors (Lipinski definition) is 3. The molecule has 1 heterocycles. The van der Waals surface area contributed by atoms with E-state index in [0.717, 1.165) is 24.5 Å². The highest BCUT2D eigenvalue weighted by Gasteiger charge is 2.08. The van der Waals surface area contributed by atoms with Crippen LogP contribution in [-0.2, 0) is 13.1 Å². The normalized spacial score (nSPS) is 11.0. The van der Waals surface area contributed by atoms with Gasteiger partial charge in [0.2, 0.25) is 0 Å². The van der Waals surface area contributed by atoms with Gasteiger partial charge in [0.25, 0.3) is 0 Å². The third-order valence-corrected chi connectivity index (χ3v) is 3.77. The van der Waals surface area contributed by atoms with Gasteiger partial charge in [0.15, 0.2) is 0 Å². The van der Waals surface area contributed by atoms with Crippen molar-refractivity contribution in [1.29, 1.82) is 0 Å². The molecule has 0 fully saturated rings. The highest BCUT2D eigenvalue weighted by Crippen LogP contribution is 2.27. The van der Waals surface area contributed by atoms with Crippen LogP contribution in [0.1, 0.15) is 16.8 Å². The number of benzene rings is 2. The first-order valence-corrected chi connectivity index (χ1v) is 7.04. The van der Waals surface area contributed by atoms with Gasteiger partial charge in [-0.1, -0.05) is 30.3 Å². The molecule has 4 nitrogen and oxygen atoms in total. The number of H-pyrrole nitrogens is 1. The molecule has 3 rings (SSSR count). The fourth-order valence-corrected chi connectivity index (χ4v) is 2.57. The van der Waals surface area contributed by atoms with E-state index < -0.39 is 0 Å². The minimum atomic E-state index is 0.759. The Labute approximate surface area is 124 Å². The molecule has 3 aromatic rings. The molecule has 108 valence electrons. The van der Waals surface area contributed by atoms with E-state index in [9.17, 15) is 0 Å². The van der Waals surface area contributed by atoms with E-state index in [1.165, 1.54) is 21.9 Å². The molecule has 0 unspecified atom stereocenters. The second-order valence-corrected chi connectivity index (χ2v) is 5.09. The second-order valence-electron chi connectivity index (χ2n) is 5.09. The standard InChI is InChI=1S/C17H19N3O/c1-12-14(10-19-20-12)9-18-11-16-15-6-4-3-5-13(15)7-8-17(16)21-2/h3-8,10,18H,9,11H2,1-2H3,(H,19,20). The summed E-state index contributed by atoms with van der Waals surface area (Å²) in [6.45, 7) is 3.58. The predicted octanol–water partition coefficient (Wildman–Crippen LogP) is 3.17. The smallest absolute Gasteiger partial charge is 0.123 e. The van der Waals surface area contributed by atoms with E-state index in [1.807, 2.05) is 19.2 Å². The Hall–Kier alpha value is -2.33. The molecular weight excluding hydrogens is 262 g/mol. The zero-order chi connectivity index (χ0) is 14.7. The number of ether oxygens (including phenoxy) is 1. The molecule has 0 radical (unpaired) electrons. The molecule has 0 atom stereocenters. The molecule has 0 saturated heterocycles. The maximum atomic E-state index is 5.51. The Morgan fingerprint density at radius 3 is 2.76 bits per heavy atom. The van der Waals surface area contributed by atoms with Crippen molar-refractivity contribution < 1.29 is 4.74 Å². The average molecular weight is 281 g/mol. The van der Waals surface area contributed by atoms with Gasteiger partial charge in [-0.3, -0.25) is 5.10 Å². The summed E-state index contributed by atoms with van der Waals surface area (Å²) in [6, 6.07) is 12.5. The summed E-state index contributed by atoms with van der Waals surface area (Å²) in [5.41, 5.74) is 3.48. The van der Waals surface area contributed by atoms with Gasteiger partial charge < -0.3 is 10.1 Å². The third kappa shape index (κ3) is 2.76. The lowest BCUT2D eigenvalue weighted by atomic mass is 10.0. The van der Waals surface area contributed by atoms with Crippen LogP contribution in [0.15, 0.2) is 42.6 Å². The fourth-order valence-electron chi connectivity index (χ4n) is 2.57. The predicted molar refractivity (Wildman–Crippen MR) is 84.4 cm³/mol. The Bertz CT molecular complexity index is 749. The average Bonchev–Trinajstić information content (AvgIpc) is 2.93. The van der Waals surface area contributed by atoms with Crippen LogP contribution in [0.4, 0.5) is 0 Å². The fraction of sp³-hybridized carbons (Fsp3) is 0.235. The summed E-state index contributed by atoms with van der Waals surface area (Å²) in [7, 11) is 1.72. The Kier molecular flexibility index (Phi) is 3.88. The van der Waals surface area contributed by atoms with Crippen LogP contribution in [0.2, 0.25) is 0 Å². The first-order valence-electron chi connectivity index (χ1n) is 7.04. The maximum Gasteiger partial charge on any atom is 0.123 e. The molecule has 21 heavy (non-hydrogen) atoms. The van der Waals surface area contributed by atoms with Crippen molar-refractivity contribution in [1.82, 2.24) is 15.5 Å². The lowest BCUT2D eigenvalue weighted by molar-refractivity contribution is 0.408.